The summed E-state index contributed by atoms with van der Waals surface area (Å²) >= 11 is 0. The Kier molecular flexibility index (Phi) is 5.23. The van der Waals surface area contributed by atoms with Gasteiger partial charge in [0.2, 0.25) is 0 Å². The number of aromatic hydroxyl groups is 1. The smallest absolute Gasteiger partial charge is 0.259 e. The zero-order valence-corrected chi connectivity index (χ0v) is 15.3. The van der Waals surface area contributed by atoms with Gasteiger partial charge in [0.25, 0.3) is 5.56 Å². The van der Waals surface area contributed by atoms with Gasteiger partial charge in [0.1, 0.15) is 5.75 Å². The van der Waals surface area contributed by atoms with Gasteiger partial charge in [-0.25, -0.2) is 0 Å². The number of hydrogen-bond donors (Lipinski definition) is 1. The Morgan fingerprint density at radius 1 is 1.36 bits per heavy atom. The fourth-order valence-electron chi connectivity index (χ4n) is 3.80. The number of aromatic nitrogens is 2. The summed E-state index contributed by atoms with van der Waals surface area (Å²) in [6, 6.07) is 5.33. The molecular weight excluding hydrogens is 314 g/mol. The van der Waals surface area contributed by atoms with Crippen LogP contribution in [0.2, 0.25) is 0 Å². The highest BCUT2D eigenvalue weighted by Crippen LogP contribution is 2.34. The van der Waals surface area contributed by atoms with E-state index in [1.165, 1.54) is 0 Å². The molecule has 1 fully saturated rings. The van der Waals surface area contributed by atoms with Crippen molar-refractivity contribution >= 4 is 0 Å². The van der Waals surface area contributed by atoms with Crippen molar-refractivity contribution in [2.24, 2.45) is 5.92 Å². The number of nitrogens with zero attached hydrogens (tertiary/aromatic N) is 3. The summed E-state index contributed by atoms with van der Waals surface area (Å²) in [5.74, 6) is 0.782. The molecule has 1 atom stereocenters. The van der Waals surface area contributed by atoms with Crippen molar-refractivity contribution in [1.82, 2.24) is 14.5 Å². The molecule has 1 aliphatic heterocycles. The second kappa shape index (κ2) is 7.40. The van der Waals surface area contributed by atoms with Crippen LogP contribution in [0.3, 0.4) is 0 Å². The van der Waals surface area contributed by atoms with Gasteiger partial charge in [-0.1, -0.05) is 13.0 Å². The van der Waals surface area contributed by atoms with Crippen LogP contribution in [0.25, 0.3) is 0 Å². The van der Waals surface area contributed by atoms with E-state index in [0.717, 1.165) is 37.2 Å². The molecular formula is C20H27N3O2. The molecule has 3 rings (SSSR count). The fraction of sp³-hybridized carbons (Fsp3) is 0.500. The zero-order chi connectivity index (χ0) is 18.0. The molecule has 5 heteroatoms. The number of pyridine rings is 2. The molecule has 25 heavy (non-hydrogen) atoms. The van der Waals surface area contributed by atoms with E-state index in [4.69, 9.17) is 0 Å². The predicted octanol–water partition coefficient (Wildman–Crippen LogP) is 3.10. The maximum atomic E-state index is 13.1. The standard InChI is InChI=1S/C20H27N3O2/c1-4-23-15(3)12-17(24)18(20(23)25)19(16-6-5-9-21-13-16)22-10-7-14(2)8-11-22/h5-6,9,12-14,19,24H,4,7-8,10-11H2,1-3H3. The van der Waals surface area contributed by atoms with E-state index in [1.54, 1.807) is 23.0 Å². The van der Waals surface area contributed by atoms with Crippen LogP contribution in [0.1, 0.15) is 49.6 Å². The summed E-state index contributed by atoms with van der Waals surface area (Å²) in [7, 11) is 0. The van der Waals surface area contributed by atoms with E-state index in [0.29, 0.717) is 18.0 Å². The van der Waals surface area contributed by atoms with Crippen molar-refractivity contribution in [2.45, 2.75) is 46.2 Å². The van der Waals surface area contributed by atoms with E-state index in [-0.39, 0.29) is 17.4 Å². The van der Waals surface area contributed by atoms with Gasteiger partial charge < -0.3 is 9.67 Å². The Morgan fingerprint density at radius 3 is 2.68 bits per heavy atom. The van der Waals surface area contributed by atoms with Crippen molar-refractivity contribution in [3.63, 3.8) is 0 Å². The molecule has 0 radical (unpaired) electrons. The molecule has 1 aliphatic rings. The second-order valence-corrected chi connectivity index (χ2v) is 7.04. The first kappa shape index (κ1) is 17.7. The molecule has 0 spiro atoms. The lowest BCUT2D eigenvalue weighted by Gasteiger charge is -2.37. The van der Waals surface area contributed by atoms with Gasteiger partial charge in [-0.15, -0.1) is 0 Å². The molecule has 3 heterocycles. The minimum Gasteiger partial charge on any atom is -0.507 e. The number of aryl methyl sites for hydroxylation is 1. The first-order valence-corrected chi connectivity index (χ1v) is 9.10. The van der Waals surface area contributed by atoms with E-state index >= 15 is 0 Å². The topological polar surface area (TPSA) is 58.4 Å². The van der Waals surface area contributed by atoms with Crippen LogP contribution < -0.4 is 5.56 Å². The van der Waals surface area contributed by atoms with Gasteiger partial charge in [-0.3, -0.25) is 14.7 Å². The number of rotatable bonds is 4. The molecule has 0 aliphatic carbocycles. The van der Waals surface area contributed by atoms with Crippen LogP contribution >= 0.6 is 0 Å². The van der Waals surface area contributed by atoms with Crippen molar-refractivity contribution < 1.29 is 5.11 Å². The molecule has 0 saturated carbocycles. The van der Waals surface area contributed by atoms with Gasteiger partial charge in [0.05, 0.1) is 11.6 Å². The van der Waals surface area contributed by atoms with Crippen LogP contribution in [0.15, 0.2) is 35.4 Å². The molecule has 2 aromatic heterocycles. The molecule has 5 nitrogen and oxygen atoms in total. The highest BCUT2D eigenvalue weighted by molar-refractivity contribution is 5.40. The number of likely N-dealkylation sites (tertiary alicyclic amines) is 1. The summed E-state index contributed by atoms with van der Waals surface area (Å²) in [6.07, 6.45) is 5.74. The van der Waals surface area contributed by atoms with E-state index < -0.39 is 0 Å². The quantitative estimate of drug-likeness (QED) is 0.928. The summed E-state index contributed by atoms with van der Waals surface area (Å²) in [4.78, 5) is 19.7. The lowest BCUT2D eigenvalue weighted by Crippen LogP contribution is -2.40. The highest BCUT2D eigenvalue weighted by atomic mass is 16.3. The van der Waals surface area contributed by atoms with Crippen LogP contribution in [-0.4, -0.2) is 32.6 Å². The number of hydrogen-bond acceptors (Lipinski definition) is 4. The molecule has 0 bridgehead atoms. The molecule has 0 amide bonds. The van der Waals surface area contributed by atoms with Crippen LogP contribution in [0.5, 0.6) is 5.75 Å². The molecule has 134 valence electrons. The first-order valence-electron chi connectivity index (χ1n) is 9.10. The Hall–Kier alpha value is -2.14. The monoisotopic (exact) mass is 341 g/mol. The normalized spacial score (nSPS) is 17.6. The maximum Gasteiger partial charge on any atom is 0.259 e. The van der Waals surface area contributed by atoms with Gasteiger partial charge in [-0.2, -0.15) is 0 Å². The van der Waals surface area contributed by atoms with Crippen molar-refractivity contribution in [3.8, 4) is 5.75 Å². The van der Waals surface area contributed by atoms with Crippen molar-refractivity contribution in [2.75, 3.05) is 13.1 Å². The fourth-order valence-corrected chi connectivity index (χ4v) is 3.80. The van der Waals surface area contributed by atoms with Gasteiger partial charge in [0.15, 0.2) is 0 Å². The Balaban J connectivity index is 2.14. The minimum atomic E-state index is -0.257. The first-order chi connectivity index (χ1) is 12.0. The van der Waals surface area contributed by atoms with E-state index in [2.05, 4.69) is 16.8 Å². The summed E-state index contributed by atoms with van der Waals surface area (Å²) in [5.41, 5.74) is 2.10. The van der Waals surface area contributed by atoms with Crippen LogP contribution in [-0.2, 0) is 6.54 Å². The summed E-state index contributed by atoms with van der Waals surface area (Å²) in [5, 5.41) is 10.6. The Labute approximate surface area is 148 Å². The van der Waals surface area contributed by atoms with Gasteiger partial charge in [-0.05, 0) is 63.4 Å². The van der Waals surface area contributed by atoms with Crippen molar-refractivity contribution in [3.05, 3.63) is 57.8 Å². The van der Waals surface area contributed by atoms with E-state index in [1.807, 2.05) is 26.0 Å². The highest BCUT2D eigenvalue weighted by Gasteiger charge is 2.31. The molecule has 1 saturated heterocycles. The lowest BCUT2D eigenvalue weighted by molar-refractivity contribution is 0.154. The van der Waals surface area contributed by atoms with Gasteiger partial charge >= 0.3 is 0 Å². The molecule has 1 N–H and O–H groups in total. The molecule has 0 aromatic carbocycles. The third-order valence-electron chi connectivity index (χ3n) is 5.30. The molecule has 1 unspecified atom stereocenters. The van der Waals surface area contributed by atoms with E-state index in [9.17, 15) is 9.90 Å². The Morgan fingerprint density at radius 2 is 2.08 bits per heavy atom. The average molecular weight is 341 g/mol. The largest absolute Gasteiger partial charge is 0.507 e. The number of piperidine rings is 1. The SMILES string of the molecule is CCn1c(C)cc(O)c(C(c2cccnc2)N2CCC(C)CC2)c1=O. The minimum absolute atomic E-state index is 0.0830. The van der Waals surface area contributed by atoms with Crippen LogP contribution in [0.4, 0.5) is 0 Å². The summed E-state index contributed by atoms with van der Waals surface area (Å²) < 4.78 is 1.73. The van der Waals surface area contributed by atoms with Crippen molar-refractivity contribution in [1.29, 1.82) is 0 Å². The zero-order valence-electron chi connectivity index (χ0n) is 15.3. The summed E-state index contributed by atoms with van der Waals surface area (Å²) in [6.45, 7) is 8.50. The third-order valence-corrected chi connectivity index (χ3v) is 5.30. The Bertz CT molecular complexity index is 778. The lowest BCUT2D eigenvalue weighted by atomic mass is 9.92. The average Bonchev–Trinajstić information content (AvgIpc) is 2.60. The van der Waals surface area contributed by atoms with Crippen LogP contribution in [0, 0.1) is 12.8 Å². The second-order valence-electron chi connectivity index (χ2n) is 7.04. The van der Waals surface area contributed by atoms with Gasteiger partial charge in [0, 0.05) is 24.6 Å². The third kappa shape index (κ3) is 3.47. The molecule has 2 aromatic rings. The predicted molar refractivity (Wildman–Crippen MR) is 98.8 cm³/mol. The maximum absolute atomic E-state index is 13.1.